The molecule has 0 saturated carbocycles. The van der Waals surface area contributed by atoms with Crippen LogP contribution in [0.15, 0.2) is 89.4 Å². The van der Waals surface area contributed by atoms with E-state index in [2.05, 4.69) is 27.5 Å². The van der Waals surface area contributed by atoms with Crippen LogP contribution in [0.25, 0.3) is 16.6 Å². The topological polar surface area (TPSA) is 85.1 Å². The molecule has 6 rings (SSSR count). The number of aromatic nitrogens is 4. The zero-order valence-corrected chi connectivity index (χ0v) is 19.7. The standard InChI is InChI=1S/C26H22N6O2S/c1-30-16-20(8-10-23(30)33)32-22-9-7-19(13-18(22)15-28-32)31-24(34)14-21(29-26-27-11-12-35-26)25(31)17-5-3-2-4-6-17/h2-13,15-16,21,25H,14H2,1H3,(H,27,29)/t21-,25+/m0/s1. The average molecular weight is 483 g/mol. The zero-order chi connectivity index (χ0) is 23.9. The van der Waals surface area contributed by atoms with Crippen molar-refractivity contribution in [3.8, 4) is 5.69 Å². The molecule has 2 atom stereocenters. The van der Waals surface area contributed by atoms with E-state index in [9.17, 15) is 9.59 Å². The fourth-order valence-electron chi connectivity index (χ4n) is 4.73. The number of carbonyl (C=O) groups is 1. The van der Waals surface area contributed by atoms with Crippen LogP contribution in [0.5, 0.6) is 0 Å². The van der Waals surface area contributed by atoms with Crippen molar-refractivity contribution in [1.82, 2.24) is 19.3 Å². The van der Waals surface area contributed by atoms with Gasteiger partial charge < -0.3 is 14.8 Å². The fraction of sp³-hybridized carbons (Fsp3) is 0.154. The summed E-state index contributed by atoms with van der Waals surface area (Å²) in [6.07, 6.45) is 5.67. The molecule has 1 fully saturated rings. The van der Waals surface area contributed by atoms with E-state index in [1.807, 2.05) is 46.7 Å². The molecule has 0 bridgehead atoms. The molecule has 1 aliphatic rings. The number of thiazole rings is 1. The Labute approximate surface area is 205 Å². The molecule has 5 aromatic rings. The van der Waals surface area contributed by atoms with Crippen LogP contribution >= 0.6 is 11.3 Å². The predicted octanol–water partition coefficient (Wildman–Crippen LogP) is 4.14. The molecule has 0 aliphatic carbocycles. The van der Waals surface area contributed by atoms with Crippen molar-refractivity contribution in [3.63, 3.8) is 0 Å². The monoisotopic (exact) mass is 482 g/mol. The average Bonchev–Trinajstić information content (AvgIpc) is 3.60. The number of nitrogens with zero attached hydrogens (tertiary/aromatic N) is 5. The summed E-state index contributed by atoms with van der Waals surface area (Å²) < 4.78 is 3.33. The van der Waals surface area contributed by atoms with Crippen molar-refractivity contribution in [2.45, 2.75) is 18.5 Å². The number of hydrogen-bond acceptors (Lipinski definition) is 6. The highest BCUT2D eigenvalue weighted by atomic mass is 32.1. The van der Waals surface area contributed by atoms with Gasteiger partial charge in [0.15, 0.2) is 5.13 Å². The summed E-state index contributed by atoms with van der Waals surface area (Å²) in [5.41, 5.74) is 3.50. The molecule has 9 heteroatoms. The lowest BCUT2D eigenvalue weighted by atomic mass is 9.99. The number of benzene rings is 2. The van der Waals surface area contributed by atoms with Gasteiger partial charge in [0.1, 0.15) is 0 Å². The Kier molecular flexibility index (Phi) is 5.18. The molecule has 0 unspecified atom stereocenters. The Morgan fingerprint density at radius 2 is 1.86 bits per heavy atom. The minimum Gasteiger partial charge on any atom is -0.356 e. The highest BCUT2D eigenvalue weighted by Crippen LogP contribution is 2.40. The zero-order valence-electron chi connectivity index (χ0n) is 18.9. The summed E-state index contributed by atoms with van der Waals surface area (Å²) >= 11 is 1.53. The van der Waals surface area contributed by atoms with Gasteiger partial charge in [0.05, 0.1) is 29.5 Å². The van der Waals surface area contributed by atoms with Crippen LogP contribution in [-0.2, 0) is 11.8 Å². The number of hydrogen-bond donors (Lipinski definition) is 1. The lowest BCUT2D eigenvalue weighted by molar-refractivity contribution is -0.117. The molecule has 4 heterocycles. The van der Waals surface area contributed by atoms with Gasteiger partial charge in [-0.15, -0.1) is 11.3 Å². The molecule has 0 spiro atoms. The number of pyridine rings is 1. The maximum absolute atomic E-state index is 13.3. The molecule has 2 aromatic carbocycles. The third-order valence-corrected chi connectivity index (χ3v) is 7.05. The van der Waals surface area contributed by atoms with Crippen molar-refractivity contribution >= 4 is 39.0 Å². The number of fused-ring (bicyclic) bond motifs is 1. The summed E-state index contributed by atoms with van der Waals surface area (Å²) in [5, 5.41) is 11.7. The predicted molar refractivity (Wildman–Crippen MR) is 137 cm³/mol. The maximum Gasteiger partial charge on any atom is 0.250 e. The van der Waals surface area contributed by atoms with Gasteiger partial charge in [-0.25, -0.2) is 9.67 Å². The summed E-state index contributed by atoms with van der Waals surface area (Å²) in [6, 6.07) is 19.0. The van der Waals surface area contributed by atoms with Crippen molar-refractivity contribution in [2.24, 2.45) is 7.05 Å². The number of rotatable bonds is 5. The van der Waals surface area contributed by atoms with Crippen LogP contribution in [0.4, 0.5) is 10.8 Å². The van der Waals surface area contributed by atoms with Crippen LogP contribution in [0.3, 0.4) is 0 Å². The molecule has 1 saturated heterocycles. The van der Waals surface area contributed by atoms with Gasteiger partial charge in [0.25, 0.3) is 0 Å². The molecule has 174 valence electrons. The Balaban J connectivity index is 1.40. The number of nitrogens with one attached hydrogen (secondary N) is 1. The van der Waals surface area contributed by atoms with Gasteiger partial charge in [-0.3, -0.25) is 9.59 Å². The van der Waals surface area contributed by atoms with E-state index in [0.29, 0.717) is 6.42 Å². The molecule has 1 amide bonds. The van der Waals surface area contributed by atoms with Crippen LogP contribution in [0.2, 0.25) is 0 Å². The molecule has 1 N–H and O–H groups in total. The van der Waals surface area contributed by atoms with Crippen LogP contribution in [0.1, 0.15) is 18.0 Å². The van der Waals surface area contributed by atoms with E-state index in [1.165, 1.54) is 22.0 Å². The summed E-state index contributed by atoms with van der Waals surface area (Å²) in [7, 11) is 1.72. The second-order valence-electron chi connectivity index (χ2n) is 8.55. The SMILES string of the molecule is Cn1cc(-n2ncc3cc(N4C(=O)C[C@H](Nc5nccs5)[C@H]4c4ccccc4)ccc32)ccc1=O. The van der Waals surface area contributed by atoms with E-state index < -0.39 is 0 Å². The second kappa shape index (κ2) is 8.52. The Morgan fingerprint density at radius 1 is 1.03 bits per heavy atom. The lowest BCUT2D eigenvalue weighted by Crippen LogP contribution is -2.32. The third-order valence-electron chi connectivity index (χ3n) is 6.35. The number of amides is 1. The Bertz CT molecular complexity index is 1570. The molecular formula is C26H22N6O2S. The van der Waals surface area contributed by atoms with Crippen LogP contribution in [-0.4, -0.2) is 31.3 Å². The maximum atomic E-state index is 13.3. The van der Waals surface area contributed by atoms with E-state index in [0.717, 1.165) is 33.0 Å². The van der Waals surface area contributed by atoms with Gasteiger partial charge in [-0.2, -0.15) is 5.10 Å². The minimum atomic E-state index is -0.177. The first-order valence-corrected chi connectivity index (χ1v) is 12.1. The van der Waals surface area contributed by atoms with Gasteiger partial charge in [-0.1, -0.05) is 30.3 Å². The van der Waals surface area contributed by atoms with Crippen molar-refractivity contribution < 1.29 is 4.79 Å². The minimum absolute atomic E-state index is 0.0534. The summed E-state index contributed by atoms with van der Waals surface area (Å²) in [4.78, 5) is 31.4. The smallest absolute Gasteiger partial charge is 0.250 e. The molecule has 3 aromatic heterocycles. The molecule has 1 aliphatic heterocycles. The first kappa shape index (κ1) is 21.3. The first-order valence-electron chi connectivity index (χ1n) is 11.3. The van der Waals surface area contributed by atoms with E-state index in [4.69, 9.17) is 0 Å². The fourth-order valence-corrected chi connectivity index (χ4v) is 5.32. The Morgan fingerprint density at radius 3 is 2.63 bits per heavy atom. The molecule has 0 radical (unpaired) electrons. The van der Waals surface area contributed by atoms with Crippen molar-refractivity contribution in [1.29, 1.82) is 0 Å². The molecule has 8 nitrogen and oxygen atoms in total. The van der Waals surface area contributed by atoms with Crippen molar-refractivity contribution in [2.75, 3.05) is 10.2 Å². The van der Waals surface area contributed by atoms with E-state index in [1.54, 1.807) is 36.4 Å². The van der Waals surface area contributed by atoms with E-state index in [-0.39, 0.29) is 23.6 Å². The summed E-state index contributed by atoms with van der Waals surface area (Å²) in [6.45, 7) is 0. The Hall–Kier alpha value is -4.24. The third kappa shape index (κ3) is 3.79. The lowest BCUT2D eigenvalue weighted by Gasteiger charge is -2.29. The largest absolute Gasteiger partial charge is 0.356 e. The number of carbonyl (C=O) groups excluding carboxylic acids is 1. The van der Waals surface area contributed by atoms with E-state index >= 15 is 0 Å². The van der Waals surface area contributed by atoms with Crippen LogP contribution in [0, 0.1) is 0 Å². The van der Waals surface area contributed by atoms with Gasteiger partial charge >= 0.3 is 0 Å². The molecular weight excluding hydrogens is 460 g/mol. The normalized spacial score (nSPS) is 17.9. The number of anilines is 2. The van der Waals surface area contributed by atoms with Gasteiger partial charge in [0, 0.05) is 48.4 Å². The van der Waals surface area contributed by atoms with Gasteiger partial charge in [-0.05, 0) is 29.8 Å². The van der Waals surface area contributed by atoms with Gasteiger partial charge in [0.2, 0.25) is 11.5 Å². The highest BCUT2D eigenvalue weighted by Gasteiger charge is 2.42. The second-order valence-corrected chi connectivity index (χ2v) is 9.44. The number of aryl methyl sites for hydroxylation is 1. The van der Waals surface area contributed by atoms with Crippen molar-refractivity contribution in [3.05, 3.63) is 101 Å². The summed E-state index contributed by atoms with van der Waals surface area (Å²) in [5.74, 6) is 0.0534. The highest BCUT2D eigenvalue weighted by molar-refractivity contribution is 7.13. The quantitative estimate of drug-likeness (QED) is 0.407. The first-order chi connectivity index (χ1) is 17.1. The molecule has 35 heavy (non-hydrogen) atoms. The van der Waals surface area contributed by atoms with Crippen LogP contribution < -0.4 is 15.8 Å².